The summed E-state index contributed by atoms with van der Waals surface area (Å²) in [6.07, 6.45) is 5.78. The smallest absolute Gasteiger partial charge is 0.221 e. The third-order valence-electron chi connectivity index (χ3n) is 3.16. The van der Waals surface area contributed by atoms with Crippen LogP contribution in [0.25, 0.3) is 11.1 Å². The number of nitrogens with one attached hydrogen (secondary N) is 1. The minimum Gasteiger partial charge on any atom is -0.490 e. The van der Waals surface area contributed by atoms with Gasteiger partial charge in [-0.2, -0.15) is 4.39 Å². The molecule has 0 spiro atoms. The highest BCUT2D eigenvalue weighted by Crippen LogP contribution is 2.24. The Hall–Kier alpha value is -2.01. The fourth-order valence-corrected chi connectivity index (χ4v) is 1.92. The van der Waals surface area contributed by atoms with Crippen LogP contribution in [-0.2, 0) is 0 Å². The van der Waals surface area contributed by atoms with E-state index in [1.54, 1.807) is 30.6 Å². The van der Waals surface area contributed by atoms with Gasteiger partial charge in [-0.3, -0.25) is 4.98 Å². The molecule has 0 aromatic carbocycles. The molecule has 0 saturated carbocycles. The maximum absolute atomic E-state index is 13.7. The Balaban J connectivity index is 1.79. The largest absolute Gasteiger partial charge is 0.490 e. The summed E-state index contributed by atoms with van der Waals surface area (Å²) in [5, 5.41) is 3.24. The van der Waals surface area contributed by atoms with Crippen LogP contribution >= 0.6 is 0 Å². The number of hydrogen-bond acceptors (Lipinski definition) is 4. The highest BCUT2D eigenvalue weighted by Gasteiger charge is 2.17. The summed E-state index contributed by atoms with van der Waals surface area (Å²) < 4.78 is 19.3. The lowest BCUT2D eigenvalue weighted by atomic mass is 10.1. The second-order valence-electron chi connectivity index (χ2n) is 4.50. The van der Waals surface area contributed by atoms with E-state index in [0.29, 0.717) is 29.5 Å². The first-order chi connectivity index (χ1) is 9.33. The average molecular weight is 259 g/mol. The van der Waals surface area contributed by atoms with Crippen molar-refractivity contribution in [3.63, 3.8) is 0 Å². The quantitative estimate of drug-likeness (QED) is 0.853. The van der Waals surface area contributed by atoms with Gasteiger partial charge in [-0.25, -0.2) is 4.98 Å². The first kappa shape index (κ1) is 12.0. The van der Waals surface area contributed by atoms with E-state index in [1.807, 2.05) is 0 Å². The van der Waals surface area contributed by atoms with Crippen LogP contribution in [0.15, 0.2) is 36.8 Å². The van der Waals surface area contributed by atoms with Gasteiger partial charge in [-0.05, 0) is 25.1 Å². The zero-order chi connectivity index (χ0) is 13.1. The predicted molar refractivity (Wildman–Crippen MR) is 69.3 cm³/mol. The van der Waals surface area contributed by atoms with Crippen LogP contribution in [0.3, 0.4) is 0 Å². The third-order valence-corrected chi connectivity index (χ3v) is 3.16. The lowest BCUT2D eigenvalue weighted by molar-refractivity contribution is 0.216. The maximum atomic E-state index is 13.7. The van der Waals surface area contributed by atoms with Crippen molar-refractivity contribution in [1.29, 1.82) is 0 Å². The molecule has 5 heteroatoms. The van der Waals surface area contributed by atoms with Gasteiger partial charge in [0.2, 0.25) is 5.95 Å². The van der Waals surface area contributed by atoms with Crippen molar-refractivity contribution < 1.29 is 9.13 Å². The summed E-state index contributed by atoms with van der Waals surface area (Å²) in [6.45, 7) is 1.62. The topological polar surface area (TPSA) is 47.0 Å². The second-order valence-corrected chi connectivity index (χ2v) is 4.50. The van der Waals surface area contributed by atoms with E-state index in [9.17, 15) is 4.39 Å². The Bertz CT molecular complexity index is 558. The minimum absolute atomic E-state index is 0.395. The molecule has 1 fully saturated rings. The predicted octanol–water partition coefficient (Wildman–Crippen LogP) is 2.02. The standard InChI is InChI=1S/C14H14FN3O/c15-14-13(10-2-1-4-16-7-10)6-12(8-18-14)19-9-11-3-5-17-11/h1-2,4,6-8,11,17H,3,5,9H2/t11-/m0/s1. The second kappa shape index (κ2) is 5.32. The molecule has 1 atom stereocenters. The van der Waals surface area contributed by atoms with Gasteiger partial charge < -0.3 is 10.1 Å². The molecule has 1 aliphatic heterocycles. The van der Waals surface area contributed by atoms with Crippen LogP contribution in [0.5, 0.6) is 5.75 Å². The van der Waals surface area contributed by atoms with Crippen LogP contribution in [0.2, 0.25) is 0 Å². The average Bonchev–Trinajstić information content (AvgIpc) is 2.40. The van der Waals surface area contributed by atoms with E-state index in [4.69, 9.17) is 4.74 Å². The minimum atomic E-state index is -0.512. The van der Waals surface area contributed by atoms with Gasteiger partial charge in [0.05, 0.1) is 6.20 Å². The molecule has 0 radical (unpaired) electrons. The number of ether oxygens (including phenoxy) is 1. The molecule has 1 N–H and O–H groups in total. The molecule has 3 rings (SSSR count). The van der Waals surface area contributed by atoms with Crippen molar-refractivity contribution in [2.75, 3.05) is 13.2 Å². The van der Waals surface area contributed by atoms with Crippen LogP contribution in [0.4, 0.5) is 4.39 Å². The van der Waals surface area contributed by atoms with Crippen molar-refractivity contribution >= 4 is 0 Å². The van der Waals surface area contributed by atoms with Gasteiger partial charge in [-0.15, -0.1) is 0 Å². The van der Waals surface area contributed by atoms with Gasteiger partial charge in [0.15, 0.2) is 0 Å². The molecule has 0 aliphatic carbocycles. The van der Waals surface area contributed by atoms with Crippen molar-refractivity contribution in [3.05, 3.63) is 42.7 Å². The number of aromatic nitrogens is 2. The van der Waals surface area contributed by atoms with Crippen molar-refractivity contribution in [1.82, 2.24) is 15.3 Å². The molecule has 2 aromatic heterocycles. The van der Waals surface area contributed by atoms with E-state index in [-0.39, 0.29) is 0 Å². The van der Waals surface area contributed by atoms with E-state index >= 15 is 0 Å². The molecule has 0 unspecified atom stereocenters. The number of halogens is 1. The zero-order valence-electron chi connectivity index (χ0n) is 10.3. The van der Waals surface area contributed by atoms with Gasteiger partial charge in [0.1, 0.15) is 12.4 Å². The summed E-state index contributed by atoms with van der Waals surface area (Å²) in [5.74, 6) is 0.0658. The van der Waals surface area contributed by atoms with Crippen LogP contribution in [0.1, 0.15) is 6.42 Å². The summed E-state index contributed by atoms with van der Waals surface area (Å²) in [4.78, 5) is 7.72. The Kier molecular flexibility index (Phi) is 3.37. The Morgan fingerprint density at radius 2 is 2.32 bits per heavy atom. The van der Waals surface area contributed by atoms with Gasteiger partial charge in [0.25, 0.3) is 0 Å². The molecule has 19 heavy (non-hydrogen) atoms. The SMILES string of the molecule is Fc1ncc(OC[C@@H]2CCN2)cc1-c1cccnc1. The molecule has 4 nitrogen and oxygen atoms in total. The molecule has 1 saturated heterocycles. The molecule has 98 valence electrons. The van der Waals surface area contributed by atoms with Crippen LogP contribution in [0, 0.1) is 5.95 Å². The fourth-order valence-electron chi connectivity index (χ4n) is 1.92. The summed E-state index contributed by atoms with van der Waals surface area (Å²) >= 11 is 0. The van der Waals surface area contributed by atoms with E-state index < -0.39 is 5.95 Å². The number of pyridine rings is 2. The van der Waals surface area contributed by atoms with Crippen LogP contribution < -0.4 is 10.1 Å². The Morgan fingerprint density at radius 1 is 1.42 bits per heavy atom. The lowest BCUT2D eigenvalue weighted by Gasteiger charge is -2.27. The van der Waals surface area contributed by atoms with Gasteiger partial charge in [-0.1, -0.05) is 6.07 Å². The Morgan fingerprint density at radius 3 is 3.00 bits per heavy atom. The third kappa shape index (κ3) is 2.71. The molecule has 3 heterocycles. The molecular weight excluding hydrogens is 245 g/mol. The fraction of sp³-hybridized carbons (Fsp3) is 0.286. The van der Waals surface area contributed by atoms with Crippen molar-refractivity contribution in [2.24, 2.45) is 0 Å². The van der Waals surface area contributed by atoms with E-state index in [1.165, 1.54) is 6.20 Å². The first-order valence-electron chi connectivity index (χ1n) is 6.25. The van der Waals surface area contributed by atoms with E-state index in [2.05, 4.69) is 15.3 Å². The molecule has 2 aromatic rings. The van der Waals surface area contributed by atoms with E-state index in [0.717, 1.165) is 13.0 Å². The zero-order valence-corrected chi connectivity index (χ0v) is 10.3. The number of nitrogens with zero attached hydrogens (tertiary/aromatic N) is 2. The van der Waals surface area contributed by atoms with Crippen molar-refractivity contribution in [3.8, 4) is 16.9 Å². The van der Waals surface area contributed by atoms with Gasteiger partial charge in [0, 0.05) is 29.6 Å². The summed E-state index contributed by atoms with van der Waals surface area (Å²) in [6, 6.07) is 5.62. The molecule has 1 aliphatic rings. The number of hydrogen-bond donors (Lipinski definition) is 1. The summed E-state index contributed by atoms with van der Waals surface area (Å²) in [5.41, 5.74) is 1.10. The maximum Gasteiger partial charge on any atom is 0.221 e. The lowest BCUT2D eigenvalue weighted by Crippen LogP contribution is -2.46. The molecule has 0 amide bonds. The molecule has 0 bridgehead atoms. The monoisotopic (exact) mass is 259 g/mol. The normalized spacial score (nSPS) is 17.8. The van der Waals surface area contributed by atoms with Crippen molar-refractivity contribution in [2.45, 2.75) is 12.5 Å². The Labute approximate surface area is 110 Å². The first-order valence-corrected chi connectivity index (χ1v) is 6.25. The highest BCUT2D eigenvalue weighted by molar-refractivity contribution is 5.63. The van der Waals surface area contributed by atoms with Gasteiger partial charge >= 0.3 is 0 Å². The molecular formula is C14H14FN3O. The number of rotatable bonds is 4. The van der Waals surface area contributed by atoms with Crippen LogP contribution in [-0.4, -0.2) is 29.2 Å². The summed E-state index contributed by atoms with van der Waals surface area (Å²) in [7, 11) is 0. The highest BCUT2D eigenvalue weighted by atomic mass is 19.1.